The van der Waals surface area contributed by atoms with Crippen LogP contribution in [0.3, 0.4) is 0 Å². The molecule has 2 aliphatic rings. The fourth-order valence-electron chi connectivity index (χ4n) is 11.5. The molecule has 0 radical (unpaired) electrons. The van der Waals surface area contributed by atoms with Gasteiger partial charge in [-0.1, -0.05) is 275 Å². The quantitative estimate of drug-likeness (QED) is 0.0204. The lowest BCUT2D eigenvalue weighted by Crippen LogP contribution is -2.65. The van der Waals surface area contributed by atoms with Gasteiger partial charge in [-0.15, -0.1) is 0 Å². The lowest BCUT2D eigenvalue weighted by Gasteiger charge is -2.46. The molecule has 2 heterocycles. The zero-order chi connectivity index (χ0) is 60.2. The van der Waals surface area contributed by atoms with Crippen molar-refractivity contribution in [3.05, 3.63) is 36.5 Å². The van der Waals surface area contributed by atoms with Gasteiger partial charge in [-0.2, -0.15) is 0 Å². The maximum Gasteiger partial charge on any atom is 0.220 e. The largest absolute Gasteiger partial charge is 0.394 e. The van der Waals surface area contributed by atoms with E-state index in [0.717, 1.165) is 32.1 Å². The van der Waals surface area contributed by atoms with Crippen molar-refractivity contribution in [2.24, 2.45) is 0 Å². The van der Waals surface area contributed by atoms with E-state index in [1.54, 1.807) is 6.08 Å². The van der Waals surface area contributed by atoms with Crippen molar-refractivity contribution in [3.63, 3.8) is 0 Å². The number of hydrogen-bond donors (Lipinski definition) is 9. The van der Waals surface area contributed by atoms with E-state index < -0.39 is 86.8 Å². The van der Waals surface area contributed by atoms with Gasteiger partial charge in [0, 0.05) is 6.42 Å². The maximum absolute atomic E-state index is 13.3. The molecule has 12 unspecified atom stereocenters. The molecule has 2 rings (SSSR count). The summed E-state index contributed by atoms with van der Waals surface area (Å²) >= 11 is 0. The van der Waals surface area contributed by atoms with E-state index in [4.69, 9.17) is 18.9 Å². The lowest BCUT2D eigenvalue weighted by molar-refractivity contribution is -0.359. The number of rotatable bonds is 57. The molecule has 9 N–H and O–H groups in total. The molecule has 0 spiro atoms. The number of carbonyl (C=O) groups excluding carboxylic acids is 1. The lowest BCUT2D eigenvalue weighted by atomic mass is 9.97. The summed E-state index contributed by atoms with van der Waals surface area (Å²) in [5.74, 6) is -0.244. The van der Waals surface area contributed by atoms with Gasteiger partial charge in [-0.25, -0.2) is 0 Å². The van der Waals surface area contributed by atoms with E-state index >= 15 is 0 Å². The van der Waals surface area contributed by atoms with Gasteiger partial charge in [0.2, 0.25) is 5.91 Å². The number of allylic oxidation sites excluding steroid dienone is 5. The Hall–Kier alpha value is -1.79. The van der Waals surface area contributed by atoms with E-state index in [1.165, 1.54) is 238 Å². The first kappa shape index (κ1) is 77.3. The molecule has 0 aromatic carbocycles. The molecular weight excluding hydrogens is 1050 g/mol. The van der Waals surface area contributed by atoms with Crippen LogP contribution < -0.4 is 5.32 Å². The average Bonchev–Trinajstić information content (AvgIpc) is 3.64. The number of aliphatic hydroxyl groups excluding tert-OH is 8. The van der Waals surface area contributed by atoms with Crippen molar-refractivity contribution in [1.29, 1.82) is 0 Å². The highest BCUT2D eigenvalue weighted by Gasteiger charge is 2.51. The van der Waals surface area contributed by atoms with Crippen LogP contribution in [0.4, 0.5) is 0 Å². The minimum absolute atomic E-state index is 0.244. The third kappa shape index (κ3) is 39.0. The second kappa shape index (κ2) is 54.4. The summed E-state index contributed by atoms with van der Waals surface area (Å²) in [4.78, 5) is 13.3. The molecule has 0 aromatic rings. The second-order valence-electron chi connectivity index (χ2n) is 24.6. The van der Waals surface area contributed by atoms with E-state index in [9.17, 15) is 45.6 Å². The van der Waals surface area contributed by atoms with Gasteiger partial charge >= 0.3 is 0 Å². The molecule has 0 saturated carbocycles. The van der Waals surface area contributed by atoms with Crippen LogP contribution in [-0.2, 0) is 23.7 Å². The zero-order valence-electron chi connectivity index (χ0n) is 53.0. The molecular formula is C69H129NO13. The Balaban J connectivity index is 1.66. The SMILES string of the molecule is CCCCCCCCCC/C=C\CCCCCCCCCCCCCCCCCCCCCC(=O)NC(COC1OC(CO)C(OC2OC(CO)C(O)C(O)C2O)C(O)C1O)C(O)/C=C/CC/C=C/CCCCCCCCCCCCCC. The third-order valence-electron chi connectivity index (χ3n) is 17.0. The minimum Gasteiger partial charge on any atom is -0.394 e. The number of aliphatic hydroxyl groups is 8. The van der Waals surface area contributed by atoms with Crippen LogP contribution in [0.1, 0.15) is 303 Å². The van der Waals surface area contributed by atoms with Crippen LogP contribution in [0.15, 0.2) is 36.5 Å². The fraction of sp³-hybridized carbons (Fsp3) is 0.899. The summed E-state index contributed by atoms with van der Waals surface area (Å²) in [7, 11) is 0. The molecule has 1 amide bonds. The number of ether oxygens (including phenoxy) is 4. The Morgan fingerprint density at radius 1 is 0.422 bits per heavy atom. The van der Waals surface area contributed by atoms with Gasteiger partial charge < -0.3 is 65.1 Å². The average molecular weight is 1180 g/mol. The van der Waals surface area contributed by atoms with Crippen LogP contribution in [0.5, 0.6) is 0 Å². The third-order valence-corrected chi connectivity index (χ3v) is 17.0. The summed E-state index contributed by atoms with van der Waals surface area (Å²) < 4.78 is 22.8. The molecule has 2 saturated heterocycles. The molecule has 0 bridgehead atoms. The highest BCUT2D eigenvalue weighted by molar-refractivity contribution is 5.76. The molecule has 12 atom stereocenters. The molecule has 2 aliphatic heterocycles. The Morgan fingerprint density at radius 2 is 0.771 bits per heavy atom. The monoisotopic (exact) mass is 1180 g/mol. The van der Waals surface area contributed by atoms with Crippen molar-refractivity contribution in [2.45, 2.75) is 376 Å². The van der Waals surface area contributed by atoms with E-state index in [2.05, 4.69) is 43.5 Å². The Labute approximate surface area is 506 Å². The van der Waals surface area contributed by atoms with E-state index in [1.807, 2.05) is 6.08 Å². The molecule has 2 fully saturated rings. The van der Waals surface area contributed by atoms with Crippen LogP contribution in [0, 0.1) is 0 Å². The smallest absolute Gasteiger partial charge is 0.220 e. The minimum atomic E-state index is -1.79. The van der Waals surface area contributed by atoms with Gasteiger partial charge in [0.25, 0.3) is 0 Å². The van der Waals surface area contributed by atoms with E-state index in [0.29, 0.717) is 12.8 Å². The van der Waals surface area contributed by atoms with Gasteiger partial charge in [-0.3, -0.25) is 4.79 Å². The summed E-state index contributed by atoms with van der Waals surface area (Å²) in [6.45, 7) is 2.82. The van der Waals surface area contributed by atoms with Crippen molar-refractivity contribution >= 4 is 5.91 Å². The van der Waals surface area contributed by atoms with Crippen LogP contribution in [0.25, 0.3) is 0 Å². The van der Waals surface area contributed by atoms with Crippen molar-refractivity contribution < 1.29 is 64.6 Å². The zero-order valence-corrected chi connectivity index (χ0v) is 53.0. The first-order valence-electron chi connectivity index (χ1n) is 34.7. The van der Waals surface area contributed by atoms with Crippen LogP contribution in [-0.4, -0.2) is 140 Å². The Bertz CT molecular complexity index is 1530. The van der Waals surface area contributed by atoms with Gasteiger partial charge in [0.05, 0.1) is 32.0 Å². The Kier molecular flexibility index (Phi) is 50.6. The highest BCUT2D eigenvalue weighted by atomic mass is 16.7. The molecule has 0 aromatic heterocycles. The summed E-state index contributed by atoms with van der Waals surface area (Å²) in [5, 5.41) is 87.3. The molecule has 14 nitrogen and oxygen atoms in total. The summed E-state index contributed by atoms with van der Waals surface area (Å²) in [6.07, 6.45) is 52.1. The first-order chi connectivity index (χ1) is 40.6. The second-order valence-corrected chi connectivity index (χ2v) is 24.6. The number of amides is 1. The normalized spacial score (nSPS) is 24.0. The highest BCUT2D eigenvalue weighted by Crippen LogP contribution is 2.30. The maximum atomic E-state index is 13.3. The van der Waals surface area contributed by atoms with Gasteiger partial charge in [0.15, 0.2) is 12.6 Å². The number of unbranched alkanes of at least 4 members (excludes halogenated alkanes) is 40. The number of nitrogens with one attached hydrogen (secondary N) is 1. The predicted molar refractivity (Wildman–Crippen MR) is 337 cm³/mol. The number of hydrogen-bond acceptors (Lipinski definition) is 13. The van der Waals surface area contributed by atoms with E-state index in [-0.39, 0.29) is 18.9 Å². The van der Waals surface area contributed by atoms with Gasteiger partial charge in [-0.05, 0) is 57.8 Å². The van der Waals surface area contributed by atoms with Crippen LogP contribution >= 0.6 is 0 Å². The van der Waals surface area contributed by atoms with Crippen LogP contribution in [0.2, 0.25) is 0 Å². The molecule has 0 aliphatic carbocycles. The van der Waals surface area contributed by atoms with Crippen molar-refractivity contribution in [3.8, 4) is 0 Å². The number of carbonyl (C=O) groups is 1. The van der Waals surface area contributed by atoms with Crippen molar-refractivity contribution in [1.82, 2.24) is 5.32 Å². The topological polar surface area (TPSA) is 228 Å². The first-order valence-corrected chi connectivity index (χ1v) is 34.7. The predicted octanol–water partition coefficient (Wildman–Crippen LogP) is 13.7. The molecule has 488 valence electrons. The summed E-state index contributed by atoms with van der Waals surface area (Å²) in [6, 6.07) is -0.930. The standard InChI is InChI=1S/C69H129NO13/c1-3-5-7-9-11-13-15-17-19-21-23-24-25-26-27-28-29-30-31-32-33-34-35-37-39-41-43-45-47-49-51-53-61(74)70-57(58(73)52-50-48-46-44-42-40-38-36-22-20-18-16-14-12-10-8-6-4-2)56-80-68-66(79)64(77)67(60(55-72)82-68)83-69-65(78)63(76)62(75)59(54-71)81-69/h21,23,42,44,50,52,57-60,62-69,71-73,75-79H,3-20,22,24-41,43,45-49,51,53-56H2,1-2H3,(H,70,74)/b23-21-,44-42+,52-50+. The Morgan fingerprint density at radius 3 is 1.18 bits per heavy atom. The summed E-state index contributed by atoms with van der Waals surface area (Å²) in [5.41, 5.74) is 0. The fourth-order valence-corrected chi connectivity index (χ4v) is 11.5. The van der Waals surface area contributed by atoms with Crippen molar-refractivity contribution in [2.75, 3.05) is 19.8 Å². The molecule has 14 heteroatoms. The molecule has 83 heavy (non-hydrogen) atoms. The van der Waals surface area contributed by atoms with Gasteiger partial charge in [0.1, 0.15) is 48.8 Å².